The van der Waals surface area contributed by atoms with Crippen LogP contribution in [0.3, 0.4) is 0 Å². The number of hydrogen-bond donors (Lipinski definition) is 0. The van der Waals surface area contributed by atoms with Gasteiger partial charge >= 0.3 is 0 Å². The van der Waals surface area contributed by atoms with Crippen molar-refractivity contribution in [2.45, 2.75) is 0 Å². The summed E-state index contributed by atoms with van der Waals surface area (Å²) in [7, 11) is 0. The molecular formula is C35H21N3S. The van der Waals surface area contributed by atoms with Gasteiger partial charge in [0.05, 0.1) is 22.6 Å². The summed E-state index contributed by atoms with van der Waals surface area (Å²) in [6.07, 6.45) is 0. The van der Waals surface area contributed by atoms with E-state index < -0.39 is 0 Å². The summed E-state index contributed by atoms with van der Waals surface area (Å²) in [6.45, 7) is 0. The zero-order valence-electron chi connectivity index (χ0n) is 20.9. The maximum absolute atomic E-state index is 5.23. The van der Waals surface area contributed by atoms with Gasteiger partial charge in [-0.1, -0.05) is 103 Å². The van der Waals surface area contributed by atoms with Crippen LogP contribution in [0.25, 0.3) is 75.9 Å². The second-order valence-electron chi connectivity index (χ2n) is 9.63. The van der Waals surface area contributed by atoms with Crippen LogP contribution in [-0.2, 0) is 0 Å². The molecule has 0 saturated heterocycles. The Labute approximate surface area is 229 Å². The first kappa shape index (κ1) is 22.1. The quantitative estimate of drug-likeness (QED) is 0.220. The van der Waals surface area contributed by atoms with E-state index in [1.54, 1.807) is 0 Å². The summed E-state index contributed by atoms with van der Waals surface area (Å²) in [5, 5.41) is 6.05. The SMILES string of the molecule is c1ccc(-c2cc(-c3nc4ccccc4c4c3ccc3sc5ccccc5c34)nc(-c3ccccc3)n2)cc1. The lowest BCUT2D eigenvalue weighted by Gasteiger charge is -2.13. The Hall–Kier alpha value is -4.93. The molecule has 3 heterocycles. The second-order valence-corrected chi connectivity index (χ2v) is 10.7. The van der Waals surface area contributed by atoms with Crippen LogP contribution in [0, 0.1) is 0 Å². The minimum atomic E-state index is 0.692. The van der Waals surface area contributed by atoms with Crippen molar-refractivity contribution in [1.29, 1.82) is 0 Å². The summed E-state index contributed by atoms with van der Waals surface area (Å²) < 4.78 is 2.57. The van der Waals surface area contributed by atoms with Gasteiger partial charge in [0.2, 0.25) is 0 Å². The third-order valence-corrected chi connectivity index (χ3v) is 8.41. The number of pyridine rings is 1. The predicted octanol–water partition coefficient (Wildman–Crippen LogP) is 9.55. The third-order valence-electron chi connectivity index (χ3n) is 7.27. The van der Waals surface area contributed by atoms with E-state index in [1.807, 2.05) is 47.7 Å². The second kappa shape index (κ2) is 8.83. The Morgan fingerprint density at radius 3 is 1.92 bits per heavy atom. The average Bonchev–Trinajstić information content (AvgIpc) is 3.40. The molecule has 4 heteroatoms. The van der Waals surface area contributed by atoms with Crippen molar-refractivity contribution in [2.24, 2.45) is 0 Å². The molecular weight excluding hydrogens is 494 g/mol. The highest BCUT2D eigenvalue weighted by atomic mass is 32.1. The van der Waals surface area contributed by atoms with Crippen LogP contribution in [0.1, 0.15) is 0 Å². The van der Waals surface area contributed by atoms with E-state index in [4.69, 9.17) is 15.0 Å². The fourth-order valence-electron chi connectivity index (χ4n) is 5.49. The molecule has 0 aliphatic rings. The number of fused-ring (bicyclic) bond motifs is 7. The summed E-state index contributed by atoms with van der Waals surface area (Å²) in [5.74, 6) is 0.692. The van der Waals surface area contributed by atoms with Crippen LogP contribution < -0.4 is 0 Å². The number of thiophene rings is 1. The van der Waals surface area contributed by atoms with Crippen molar-refractivity contribution < 1.29 is 0 Å². The topological polar surface area (TPSA) is 38.7 Å². The van der Waals surface area contributed by atoms with E-state index in [-0.39, 0.29) is 0 Å². The average molecular weight is 516 g/mol. The van der Waals surface area contributed by atoms with Crippen LogP contribution in [0.15, 0.2) is 127 Å². The monoisotopic (exact) mass is 515 g/mol. The van der Waals surface area contributed by atoms with Crippen LogP contribution >= 0.6 is 11.3 Å². The molecule has 0 saturated carbocycles. The number of benzene rings is 5. The van der Waals surface area contributed by atoms with Gasteiger partial charge in [-0.25, -0.2) is 15.0 Å². The van der Waals surface area contributed by atoms with Gasteiger partial charge in [0.15, 0.2) is 5.82 Å². The molecule has 0 radical (unpaired) electrons. The molecule has 0 spiro atoms. The summed E-state index contributed by atoms with van der Waals surface area (Å²) in [6, 6.07) is 44.1. The van der Waals surface area contributed by atoms with Crippen LogP contribution in [0.4, 0.5) is 0 Å². The van der Waals surface area contributed by atoms with Crippen molar-refractivity contribution in [3.8, 4) is 34.0 Å². The minimum absolute atomic E-state index is 0.692. The maximum atomic E-state index is 5.23. The molecule has 0 N–H and O–H groups in total. The lowest BCUT2D eigenvalue weighted by molar-refractivity contribution is 1.17. The Morgan fingerprint density at radius 2 is 1.10 bits per heavy atom. The van der Waals surface area contributed by atoms with Crippen LogP contribution in [-0.4, -0.2) is 15.0 Å². The fraction of sp³-hybridized carbons (Fsp3) is 0. The highest BCUT2D eigenvalue weighted by Crippen LogP contribution is 2.43. The van der Waals surface area contributed by atoms with Crippen LogP contribution in [0.2, 0.25) is 0 Å². The molecule has 182 valence electrons. The lowest BCUT2D eigenvalue weighted by Crippen LogP contribution is -1.98. The van der Waals surface area contributed by atoms with E-state index in [2.05, 4.69) is 91.0 Å². The Morgan fingerprint density at radius 1 is 0.436 bits per heavy atom. The maximum Gasteiger partial charge on any atom is 0.160 e. The van der Waals surface area contributed by atoms with E-state index in [1.165, 1.54) is 25.6 Å². The molecule has 0 amide bonds. The number of hydrogen-bond acceptors (Lipinski definition) is 4. The van der Waals surface area contributed by atoms with Gasteiger partial charge in [0.1, 0.15) is 0 Å². The van der Waals surface area contributed by atoms with Crippen molar-refractivity contribution >= 4 is 53.2 Å². The molecule has 8 rings (SSSR count). The summed E-state index contributed by atoms with van der Waals surface area (Å²) in [4.78, 5) is 15.3. The van der Waals surface area contributed by atoms with Crippen molar-refractivity contribution in [1.82, 2.24) is 15.0 Å². The van der Waals surface area contributed by atoms with E-state index >= 15 is 0 Å². The number of nitrogens with zero attached hydrogens (tertiary/aromatic N) is 3. The number of aromatic nitrogens is 3. The first-order valence-corrected chi connectivity index (χ1v) is 13.8. The summed E-state index contributed by atoms with van der Waals surface area (Å²) >= 11 is 1.84. The van der Waals surface area contributed by atoms with Gasteiger partial charge in [-0.05, 0) is 24.3 Å². The zero-order chi connectivity index (χ0) is 25.8. The molecule has 0 unspecified atom stereocenters. The standard InChI is InChI=1S/C35H21N3S/c1-3-11-22(12-4-1)28-21-29(38-35(37-28)23-13-5-2-6-14-23)34-26-19-20-31-33(25-16-8-10-18-30(25)39-31)32(26)24-15-7-9-17-27(24)36-34/h1-21H. The molecule has 3 aromatic heterocycles. The van der Waals surface area contributed by atoms with Gasteiger partial charge in [0.25, 0.3) is 0 Å². The van der Waals surface area contributed by atoms with E-state index in [0.29, 0.717) is 5.82 Å². The molecule has 5 aromatic carbocycles. The van der Waals surface area contributed by atoms with Crippen molar-refractivity contribution in [3.63, 3.8) is 0 Å². The Balaban J connectivity index is 1.50. The zero-order valence-corrected chi connectivity index (χ0v) is 21.7. The first-order valence-electron chi connectivity index (χ1n) is 13.0. The van der Waals surface area contributed by atoms with E-state index in [9.17, 15) is 0 Å². The molecule has 0 bridgehead atoms. The molecule has 8 aromatic rings. The van der Waals surface area contributed by atoms with Gasteiger partial charge in [-0.3, -0.25) is 0 Å². The largest absolute Gasteiger partial charge is 0.245 e. The smallest absolute Gasteiger partial charge is 0.160 e. The third kappa shape index (κ3) is 3.61. The molecule has 39 heavy (non-hydrogen) atoms. The normalized spacial score (nSPS) is 11.6. The first-order chi connectivity index (χ1) is 19.3. The van der Waals surface area contributed by atoms with Crippen LogP contribution in [0.5, 0.6) is 0 Å². The Kier molecular flexibility index (Phi) is 5.00. The van der Waals surface area contributed by atoms with Gasteiger partial charge in [0, 0.05) is 47.5 Å². The predicted molar refractivity (Wildman–Crippen MR) is 164 cm³/mol. The van der Waals surface area contributed by atoms with Gasteiger partial charge in [-0.2, -0.15) is 0 Å². The Bertz CT molecular complexity index is 2110. The summed E-state index contributed by atoms with van der Waals surface area (Å²) in [5.41, 5.74) is 5.56. The lowest BCUT2D eigenvalue weighted by atomic mass is 9.97. The van der Waals surface area contributed by atoms with Gasteiger partial charge < -0.3 is 0 Å². The molecule has 0 fully saturated rings. The highest BCUT2D eigenvalue weighted by Gasteiger charge is 2.18. The number of rotatable bonds is 3. The molecule has 0 atom stereocenters. The minimum Gasteiger partial charge on any atom is -0.245 e. The van der Waals surface area contributed by atoms with Gasteiger partial charge in [-0.15, -0.1) is 11.3 Å². The fourth-order valence-corrected chi connectivity index (χ4v) is 6.61. The van der Waals surface area contributed by atoms with Crippen molar-refractivity contribution in [2.75, 3.05) is 0 Å². The molecule has 0 aliphatic heterocycles. The highest BCUT2D eigenvalue weighted by molar-refractivity contribution is 7.26. The number of para-hydroxylation sites is 1. The molecule has 3 nitrogen and oxygen atoms in total. The van der Waals surface area contributed by atoms with Crippen molar-refractivity contribution in [3.05, 3.63) is 127 Å². The molecule has 0 aliphatic carbocycles. The van der Waals surface area contributed by atoms with E-state index in [0.717, 1.165) is 44.5 Å².